The number of rotatable bonds is 8. The van der Waals surface area contributed by atoms with Gasteiger partial charge in [-0.15, -0.1) is 0 Å². The predicted octanol–water partition coefficient (Wildman–Crippen LogP) is 6.74. The second-order valence-electron chi connectivity index (χ2n) is 9.71. The first kappa shape index (κ1) is 23.3. The Morgan fingerprint density at radius 2 is 1.70 bits per heavy atom. The van der Waals surface area contributed by atoms with Gasteiger partial charge in [-0.3, -0.25) is 4.79 Å². The molecule has 5 heteroatoms. The number of carbonyl (C=O) groups excluding carboxylic acids is 1. The zero-order valence-corrected chi connectivity index (χ0v) is 21.1. The van der Waals surface area contributed by atoms with Crippen LogP contribution in [0.1, 0.15) is 37.1 Å². The van der Waals surface area contributed by atoms with E-state index < -0.39 is 0 Å². The quantitative estimate of drug-likeness (QED) is 0.227. The first-order valence-electron chi connectivity index (χ1n) is 13.2. The van der Waals surface area contributed by atoms with Crippen LogP contribution < -0.4 is 9.64 Å². The van der Waals surface area contributed by atoms with Crippen molar-refractivity contribution in [3.8, 4) is 5.75 Å². The molecule has 1 fully saturated rings. The van der Waals surface area contributed by atoms with E-state index >= 15 is 0 Å². The zero-order chi connectivity index (χ0) is 25.2. The Hall–Kier alpha value is -4.12. The van der Waals surface area contributed by atoms with Gasteiger partial charge in [0.05, 0.1) is 17.6 Å². The predicted molar refractivity (Wildman–Crippen MR) is 149 cm³/mol. The van der Waals surface area contributed by atoms with Gasteiger partial charge in [-0.05, 0) is 59.5 Å². The normalized spacial score (nSPS) is 15.6. The van der Waals surface area contributed by atoms with Crippen LogP contribution in [0.5, 0.6) is 5.75 Å². The number of fused-ring (bicyclic) bond motifs is 2. The number of aryl methyl sites for hydroxylation is 2. The summed E-state index contributed by atoms with van der Waals surface area (Å²) in [4.78, 5) is 20.1. The van der Waals surface area contributed by atoms with Gasteiger partial charge >= 0.3 is 0 Å². The Bertz CT molecular complexity index is 1570. The lowest BCUT2D eigenvalue weighted by Gasteiger charge is -2.20. The number of carbonyl (C=O) groups is 1. The summed E-state index contributed by atoms with van der Waals surface area (Å²) < 4.78 is 8.41. The molecule has 2 heterocycles. The average molecular weight is 490 g/mol. The number of benzene rings is 4. The minimum Gasteiger partial charge on any atom is -0.494 e. The molecule has 1 aliphatic heterocycles. The highest BCUT2D eigenvalue weighted by atomic mass is 16.5. The number of hydrogen-bond acceptors (Lipinski definition) is 3. The molecule has 0 N–H and O–H groups in total. The molecule has 0 spiro atoms. The number of imidazole rings is 1. The largest absolute Gasteiger partial charge is 0.494 e. The van der Waals surface area contributed by atoms with Crippen LogP contribution in [-0.4, -0.2) is 28.6 Å². The van der Waals surface area contributed by atoms with E-state index in [4.69, 9.17) is 9.72 Å². The van der Waals surface area contributed by atoms with Gasteiger partial charge in [0.1, 0.15) is 11.6 Å². The number of anilines is 1. The van der Waals surface area contributed by atoms with E-state index in [0.717, 1.165) is 47.7 Å². The fourth-order valence-corrected chi connectivity index (χ4v) is 5.50. The maximum Gasteiger partial charge on any atom is 0.227 e. The van der Waals surface area contributed by atoms with Crippen LogP contribution in [-0.2, 0) is 17.8 Å². The van der Waals surface area contributed by atoms with Crippen molar-refractivity contribution in [3.05, 3.63) is 102 Å². The van der Waals surface area contributed by atoms with Crippen LogP contribution in [0.25, 0.3) is 21.8 Å². The fourth-order valence-electron chi connectivity index (χ4n) is 5.50. The molecule has 0 saturated carbocycles. The number of amides is 1. The van der Waals surface area contributed by atoms with E-state index in [1.807, 2.05) is 35.2 Å². The van der Waals surface area contributed by atoms with E-state index in [9.17, 15) is 4.79 Å². The molecule has 5 aromatic rings. The minimum absolute atomic E-state index is 0.0613. The van der Waals surface area contributed by atoms with Gasteiger partial charge in [-0.2, -0.15) is 0 Å². The van der Waals surface area contributed by atoms with Gasteiger partial charge in [-0.25, -0.2) is 4.98 Å². The van der Waals surface area contributed by atoms with Crippen molar-refractivity contribution in [1.29, 1.82) is 0 Å². The SMILES string of the molecule is CCc1ccccc1N1CC(c2nc3ccccc3n2CCCOc2ccc3ccccc3c2)CC1=O. The smallest absolute Gasteiger partial charge is 0.227 e. The van der Waals surface area contributed by atoms with Crippen LogP contribution >= 0.6 is 0 Å². The second kappa shape index (κ2) is 10.1. The highest BCUT2D eigenvalue weighted by molar-refractivity contribution is 5.97. The Kier molecular flexibility index (Phi) is 6.35. The topological polar surface area (TPSA) is 47.4 Å². The molecule has 186 valence electrons. The summed E-state index contributed by atoms with van der Waals surface area (Å²) in [6, 6.07) is 31.0. The van der Waals surface area contributed by atoms with Gasteiger partial charge in [-0.1, -0.05) is 67.6 Å². The molecule has 4 aromatic carbocycles. The lowest BCUT2D eigenvalue weighted by molar-refractivity contribution is -0.117. The molecule has 0 radical (unpaired) electrons. The average Bonchev–Trinajstić information content (AvgIpc) is 3.51. The zero-order valence-electron chi connectivity index (χ0n) is 21.1. The van der Waals surface area contributed by atoms with Crippen LogP contribution in [0.15, 0.2) is 91.0 Å². The van der Waals surface area contributed by atoms with Gasteiger partial charge < -0.3 is 14.2 Å². The summed E-state index contributed by atoms with van der Waals surface area (Å²) in [6.45, 7) is 4.20. The van der Waals surface area contributed by atoms with Crippen molar-refractivity contribution in [2.24, 2.45) is 0 Å². The summed E-state index contributed by atoms with van der Waals surface area (Å²) in [7, 11) is 0. The Labute approximate surface area is 217 Å². The summed E-state index contributed by atoms with van der Waals surface area (Å²) >= 11 is 0. The highest BCUT2D eigenvalue weighted by Crippen LogP contribution is 2.35. The summed E-state index contributed by atoms with van der Waals surface area (Å²) in [6.07, 6.45) is 2.23. The molecular formula is C32H31N3O2. The summed E-state index contributed by atoms with van der Waals surface area (Å²) in [5, 5.41) is 2.40. The van der Waals surface area contributed by atoms with E-state index in [1.54, 1.807) is 0 Å². The Balaban J connectivity index is 1.20. The molecule has 1 amide bonds. The molecular weight excluding hydrogens is 458 g/mol. The number of aromatic nitrogens is 2. The summed E-state index contributed by atoms with van der Waals surface area (Å²) in [5.41, 5.74) is 4.33. The molecule has 1 aliphatic rings. The monoisotopic (exact) mass is 489 g/mol. The summed E-state index contributed by atoms with van der Waals surface area (Å²) in [5.74, 6) is 2.12. The third kappa shape index (κ3) is 4.57. The maximum absolute atomic E-state index is 13.1. The van der Waals surface area contributed by atoms with Crippen molar-refractivity contribution in [2.45, 2.75) is 38.6 Å². The van der Waals surface area contributed by atoms with E-state index in [0.29, 0.717) is 19.6 Å². The third-order valence-corrected chi connectivity index (χ3v) is 7.35. The third-order valence-electron chi connectivity index (χ3n) is 7.35. The molecule has 1 unspecified atom stereocenters. The molecule has 5 nitrogen and oxygen atoms in total. The number of nitrogens with zero attached hydrogens (tertiary/aromatic N) is 3. The first-order valence-corrected chi connectivity index (χ1v) is 13.2. The van der Waals surface area contributed by atoms with Crippen LogP contribution in [0.3, 0.4) is 0 Å². The van der Waals surface area contributed by atoms with Crippen LogP contribution in [0.2, 0.25) is 0 Å². The standard InChI is InChI=1S/C32H31N3O2/c1-2-23-10-5-7-14-29(23)35-22-26(21-31(35)36)32-33-28-13-6-8-15-30(28)34(32)18-9-19-37-27-17-16-24-11-3-4-12-25(24)20-27/h3-8,10-17,20,26H,2,9,18-19,21-22H2,1H3. The van der Waals surface area contributed by atoms with Crippen molar-refractivity contribution in [3.63, 3.8) is 0 Å². The molecule has 1 saturated heterocycles. The van der Waals surface area contributed by atoms with Crippen molar-refractivity contribution in [2.75, 3.05) is 18.1 Å². The maximum atomic E-state index is 13.1. The van der Waals surface area contributed by atoms with E-state index in [-0.39, 0.29) is 11.8 Å². The number of para-hydroxylation sites is 3. The Morgan fingerprint density at radius 3 is 2.59 bits per heavy atom. The molecule has 1 aromatic heterocycles. The van der Waals surface area contributed by atoms with Crippen LogP contribution in [0.4, 0.5) is 5.69 Å². The van der Waals surface area contributed by atoms with Crippen LogP contribution in [0, 0.1) is 0 Å². The van der Waals surface area contributed by atoms with Crippen molar-refractivity contribution >= 4 is 33.4 Å². The van der Waals surface area contributed by atoms with E-state index in [2.05, 4.69) is 72.2 Å². The van der Waals surface area contributed by atoms with Gasteiger partial charge in [0.25, 0.3) is 0 Å². The van der Waals surface area contributed by atoms with Gasteiger partial charge in [0.15, 0.2) is 0 Å². The van der Waals surface area contributed by atoms with Crippen molar-refractivity contribution < 1.29 is 9.53 Å². The minimum atomic E-state index is 0.0613. The lowest BCUT2D eigenvalue weighted by atomic mass is 10.1. The van der Waals surface area contributed by atoms with Gasteiger partial charge in [0, 0.05) is 31.1 Å². The molecule has 37 heavy (non-hydrogen) atoms. The Morgan fingerprint density at radius 1 is 0.919 bits per heavy atom. The van der Waals surface area contributed by atoms with Crippen molar-refractivity contribution in [1.82, 2.24) is 9.55 Å². The molecule has 0 aliphatic carbocycles. The number of hydrogen-bond donors (Lipinski definition) is 0. The lowest BCUT2D eigenvalue weighted by Crippen LogP contribution is -2.25. The number of ether oxygens (including phenoxy) is 1. The molecule has 6 rings (SSSR count). The highest BCUT2D eigenvalue weighted by Gasteiger charge is 2.35. The molecule has 0 bridgehead atoms. The van der Waals surface area contributed by atoms with Gasteiger partial charge in [0.2, 0.25) is 5.91 Å². The second-order valence-corrected chi connectivity index (χ2v) is 9.71. The van der Waals surface area contributed by atoms with E-state index in [1.165, 1.54) is 16.3 Å². The first-order chi connectivity index (χ1) is 18.2. The molecule has 1 atom stereocenters. The fraction of sp³-hybridized carbons (Fsp3) is 0.250.